The van der Waals surface area contributed by atoms with Crippen LogP contribution in [0.2, 0.25) is 0 Å². The van der Waals surface area contributed by atoms with E-state index in [0.717, 1.165) is 12.8 Å². The van der Waals surface area contributed by atoms with Gasteiger partial charge in [-0.15, -0.1) is 0 Å². The summed E-state index contributed by atoms with van der Waals surface area (Å²) in [5.74, 6) is 0. The molecule has 0 heterocycles. The average molecular weight is 170 g/mol. The van der Waals surface area contributed by atoms with E-state index in [1.807, 2.05) is 0 Å². The van der Waals surface area contributed by atoms with Gasteiger partial charge in [0, 0.05) is 6.54 Å². The van der Waals surface area contributed by atoms with Gasteiger partial charge in [0.1, 0.15) is 6.10 Å². The highest BCUT2D eigenvalue weighted by Crippen LogP contribution is 2.20. The quantitative estimate of drug-likeness (QED) is 0.690. The van der Waals surface area contributed by atoms with Crippen LogP contribution in [0.25, 0.3) is 0 Å². The van der Waals surface area contributed by atoms with Crippen LogP contribution in [0, 0.1) is 6.54 Å². The van der Waals surface area contributed by atoms with Gasteiger partial charge in [-0.25, -0.2) is 4.79 Å². The van der Waals surface area contributed by atoms with E-state index in [1.54, 1.807) is 13.5 Å². The molecule has 0 saturated heterocycles. The van der Waals surface area contributed by atoms with E-state index in [1.165, 1.54) is 19.3 Å². The summed E-state index contributed by atoms with van der Waals surface area (Å²) >= 11 is 0. The number of nitrogens with one attached hydrogen (secondary N) is 1. The largest absolute Gasteiger partial charge is 0.446 e. The molecule has 1 rings (SSSR count). The van der Waals surface area contributed by atoms with Crippen molar-refractivity contribution in [3.8, 4) is 0 Å². The molecule has 1 N–H and O–H groups in total. The van der Waals surface area contributed by atoms with Crippen molar-refractivity contribution in [1.82, 2.24) is 5.32 Å². The number of amides is 1. The third kappa shape index (κ3) is 3.11. The lowest BCUT2D eigenvalue weighted by atomic mass is 9.98. The Labute approximate surface area is 73.5 Å². The number of ether oxygens (including phenoxy) is 1. The van der Waals surface area contributed by atoms with Crippen molar-refractivity contribution >= 4 is 6.09 Å². The fourth-order valence-electron chi connectivity index (χ4n) is 1.49. The van der Waals surface area contributed by atoms with E-state index < -0.39 is 0 Å². The second kappa shape index (κ2) is 5.01. The maximum atomic E-state index is 10.9. The van der Waals surface area contributed by atoms with Crippen LogP contribution >= 0.6 is 0 Å². The Bertz CT molecular complexity index is 141. The van der Waals surface area contributed by atoms with Gasteiger partial charge >= 0.3 is 6.09 Å². The lowest BCUT2D eigenvalue weighted by Crippen LogP contribution is -2.27. The van der Waals surface area contributed by atoms with Crippen LogP contribution in [0.1, 0.15) is 39.0 Å². The molecule has 0 aromatic heterocycles. The predicted octanol–water partition coefficient (Wildman–Crippen LogP) is 2.23. The molecule has 0 atom stereocenters. The van der Waals surface area contributed by atoms with Crippen LogP contribution in [-0.2, 0) is 4.74 Å². The Morgan fingerprint density at radius 1 is 1.42 bits per heavy atom. The molecule has 0 bridgehead atoms. The highest BCUT2D eigenvalue weighted by Gasteiger charge is 2.16. The first-order valence-corrected chi connectivity index (χ1v) is 4.58. The van der Waals surface area contributed by atoms with Crippen molar-refractivity contribution < 1.29 is 9.53 Å². The molecule has 12 heavy (non-hydrogen) atoms. The first kappa shape index (κ1) is 9.36. The van der Waals surface area contributed by atoms with Crippen molar-refractivity contribution in [1.29, 1.82) is 0 Å². The van der Waals surface area contributed by atoms with Crippen LogP contribution in [0.4, 0.5) is 4.79 Å². The van der Waals surface area contributed by atoms with Crippen molar-refractivity contribution in [3.63, 3.8) is 0 Å². The van der Waals surface area contributed by atoms with E-state index in [2.05, 4.69) is 5.32 Å². The molecule has 0 aromatic rings. The van der Waals surface area contributed by atoms with E-state index in [0.29, 0.717) is 0 Å². The van der Waals surface area contributed by atoms with Gasteiger partial charge < -0.3 is 10.1 Å². The van der Waals surface area contributed by atoms with Gasteiger partial charge in [0.15, 0.2) is 0 Å². The highest BCUT2D eigenvalue weighted by atomic mass is 16.6. The molecule has 1 aliphatic carbocycles. The van der Waals surface area contributed by atoms with Gasteiger partial charge in [-0.3, -0.25) is 0 Å². The van der Waals surface area contributed by atoms with Crippen LogP contribution in [0.15, 0.2) is 0 Å². The van der Waals surface area contributed by atoms with Crippen molar-refractivity contribution in [2.24, 2.45) is 0 Å². The number of hydrogen-bond acceptors (Lipinski definition) is 2. The summed E-state index contributed by atoms with van der Waals surface area (Å²) in [6, 6.07) is 0. The van der Waals surface area contributed by atoms with Gasteiger partial charge in [-0.05, 0) is 32.6 Å². The second-order valence-corrected chi connectivity index (χ2v) is 3.10. The average Bonchev–Trinajstić information content (AvgIpc) is 2.06. The topological polar surface area (TPSA) is 38.3 Å². The molecule has 0 unspecified atom stereocenters. The molecule has 0 aromatic carbocycles. The van der Waals surface area contributed by atoms with Crippen molar-refractivity contribution in [3.05, 3.63) is 6.54 Å². The summed E-state index contributed by atoms with van der Waals surface area (Å²) < 4.78 is 5.15. The minimum atomic E-state index is -0.315. The maximum absolute atomic E-state index is 10.9. The van der Waals surface area contributed by atoms with Gasteiger partial charge in [-0.2, -0.15) is 0 Å². The minimum absolute atomic E-state index is 0.152. The maximum Gasteiger partial charge on any atom is 0.407 e. The molecule has 1 fully saturated rings. The van der Waals surface area contributed by atoms with Gasteiger partial charge in [0.2, 0.25) is 0 Å². The molecule has 0 spiro atoms. The number of carbonyl (C=O) groups excluding carboxylic acids is 1. The smallest absolute Gasteiger partial charge is 0.407 e. The Kier molecular flexibility index (Phi) is 3.91. The van der Waals surface area contributed by atoms with Gasteiger partial charge in [-0.1, -0.05) is 6.42 Å². The van der Waals surface area contributed by atoms with E-state index in [-0.39, 0.29) is 12.2 Å². The molecule has 1 amide bonds. The zero-order valence-corrected chi connectivity index (χ0v) is 7.51. The third-order valence-corrected chi connectivity index (χ3v) is 2.09. The molecule has 0 aliphatic heterocycles. The van der Waals surface area contributed by atoms with E-state index in [4.69, 9.17) is 4.74 Å². The summed E-state index contributed by atoms with van der Waals surface area (Å²) in [6.45, 7) is 3.35. The number of alkyl carbamates (subject to hydrolysis) is 1. The Hall–Kier alpha value is -0.730. The molecule has 1 saturated carbocycles. The number of hydrogen-bond donors (Lipinski definition) is 1. The molecular formula is C9H16NO2. The normalized spacial score (nSPS) is 18.8. The lowest BCUT2D eigenvalue weighted by molar-refractivity contribution is 0.0771. The Morgan fingerprint density at radius 3 is 2.67 bits per heavy atom. The summed E-state index contributed by atoms with van der Waals surface area (Å²) in [5, 5.41) is 2.51. The Morgan fingerprint density at radius 2 is 2.08 bits per heavy atom. The van der Waals surface area contributed by atoms with E-state index in [9.17, 15) is 4.79 Å². The van der Waals surface area contributed by atoms with Crippen molar-refractivity contribution in [2.75, 3.05) is 0 Å². The second-order valence-electron chi connectivity index (χ2n) is 3.10. The molecule has 1 aliphatic rings. The zero-order valence-electron chi connectivity index (χ0n) is 7.51. The molecule has 69 valence electrons. The fourth-order valence-corrected chi connectivity index (χ4v) is 1.49. The molecule has 3 heteroatoms. The standard InChI is InChI=1S/C9H16NO2/c1-2-10-9(11)12-8-6-4-3-5-7-8/h2,8H,3-7H2,1H3,(H,10,11). The number of carbonyl (C=O) groups is 1. The van der Waals surface area contributed by atoms with Crippen molar-refractivity contribution in [2.45, 2.75) is 45.1 Å². The first-order chi connectivity index (χ1) is 5.83. The molecule has 1 radical (unpaired) electrons. The monoisotopic (exact) mass is 170 g/mol. The van der Waals surface area contributed by atoms with Gasteiger partial charge in [0.25, 0.3) is 0 Å². The SMILES string of the molecule is C[CH]NC(=O)OC1CCCCC1. The Balaban J connectivity index is 2.15. The van der Waals surface area contributed by atoms with Crippen LogP contribution in [0.5, 0.6) is 0 Å². The highest BCUT2D eigenvalue weighted by molar-refractivity contribution is 5.67. The summed E-state index contributed by atoms with van der Waals surface area (Å²) in [7, 11) is 0. The number of rotatable bonds is 2. The zero-order chi connectivity index (χ0) is 8.81. The minimum Gasteiger partial charge on any atom is -0.446 e. The fraction of sp³-hybridized carbons (Fsp3) is 0.778. The first-order valence-electron chi connectivity index (χ1n) is 4.58. The van der Waals surface area contributed by atoms with Gasteiger partial charge in [0.05, 0.1) is 0 Å². The summed E-state index contributed by atoms with van der Waals surface area (Å²) in [5.41, 5.74) is 0. The summed E-state index contributed by atoms with van der Waals surface area (Å²) in [6.07, 6.45) is 5.54. The molecular weight excluding hydrogens is 154 g/mol. The third-order valence-electron chi connectivity index (χ3n) is 2.09. The molecule has 3 nitrogen and oxygen atoms in total. The van der Waals surface area contributed by atoms with E-state index >= 15 is 0 Å². The summed E-state index contributed by atoms with van der Waals surface area (Å²) in [4.78, 5) is 10.9. The predicted molar refractivity (Wildman–Crippen MR) is 46.5 cm³/mol. The van der Waals surface area contributed by atoms with Crippen LogP contribution < -0.4 is 5.32 Å². The van der Waals surface area contributed by atoms with Crippen LogP contribution in [0.3, 0.4) is 0 Å². The van der Waals surface area contributed by atoms with Crippen LogP contribution in [-0.4, -0.2) is 12.2 Å². The lowest BCUT2D eigenvalue weighted by Gasteiger charge is -2.21.